The number of piperazine rings is 1. The fourth-order valence-electron chi connectivity index (χ4n) is 2.79. The molecule has 7 nitrogen and oxygen atoms in total. The molecule has 26 heavy (non-hydrogen) atoms. The van der Waals surface area contributed by atoms with E-state index in [4.69, 9.17) is 9.47 Å². The van der Waals surface area contributed by atoms with E-state index in [1.165, 1.54) is 4.90 Å². The summed E-state index contributed by atoms with van der Waals surface area (Å²) in [7, 11) is 0. The van der Waals surface area contributed by atoms with E-state index in [9.17, 15) is 14.4 Å². The highest BCUT2D eigenvalue weighted by molar-refractivity contribution is 6.01. The molecule has 1 unspecified atom stereocenters. The van der Waals surface area contributed by atoms with Gasteiger partial charge in [-0.05, 0) is 25.5 Å². The number of carbonyl (C=O) groups is 3. The number of hydrogen-bond donors (Lipinski definition) is 1. The lowest BCUT2D eigenvalue weighted by atomic mass is 10.1. The van der Waals surface area contributed by atoms with Crippen LogP contribution in [0.15, 0.2) is 24.3 Å². The molecule has 2 amide bonds. The van der Waals surface area contributed by atoms with Crippen LogP contribution in [0.4, 0.5) is 0 Å². The molecule has 1 fully saturated rings. The van der Waals surface area contributed by atoms with Crippen LogP contribution in [0, 0.1) is 0 Å². The summed E-state index contributed by atoms with van der Waals surface area (Å²) in [6, 6.07) is 6.03. The topological polar surface area (TPSA) is 84.9 Å². The average molecular weight is 362 g/mol. The van der Waals surface area contributed by atoms with Crippen LogP contribution in [-0.2, 0) is 14.3 Å². The summed E-state index contributed by atoms with van der Waals surface area (Å²) in [6.45, 7) is 5.27. The Morgan fingerprint density at radius 3 is 2.77 bits per heavy atom. The largest absolute Gasteiger partial charge is 0.493 e. The highest BCUT2D eigenvalue weighted by atomic mass is 16.5. The monoisotopic (exact) mass is 362 g/mol. The van der Waals surface area contributed by atoms with Gasteiger partial charge in [0, 0.05) is 13.1 Å². The first-order valence-corrected chi connectivity index (χ1v) is 9.04. The molecule has 0 radical (unpaired) electrons. The lowest BCUT2D eigenvalue weighted by Gasteiger charge is -2.34. The summed E-state index contributed by atoms with van der Waals surface area (Å²) in [5, 5.41) is 2.71. The van der Waals surface area contributed by atoms with Gasteiger partial charge in [0.05, 0.1) is 25.2 Å². The smallest absolute Gasteiger partial charge is 0.308 e. The van der Waals surface area contributed by atoms with E-state index in [0.717, 1.165) is 12.8 Å². The van der Waals surface area contributed by atoms with Crippen molar-refractivity contribution >= 4 is 17.8 Å². The molecule has 1 aliphatic rings. The number of benzene rings is 1. The van der Waals surface area contributed by atoms with Crippen molar-refractivity contribution in [2.24, 2.45) is 0 Å². The number of nitrogens with one attached hydrogen (secondary N) is 1. The average Bonchev–Trinajstić information content (AvgIpc) is 2.64. The van der Waals surface area contributed by atoms with E-state index in [1.54, 1.807) is 24.3 Å². The zero-order chi connectivity index (χ0) is 18.9. The molecule has 0 bridgehead atoms. The Balaban J connectivity index is 2.15. The van der Waals surface area contributed by atoms with E-state index < -0.39 is 12.0 Å². The molecule has 1 saturated heterocycles. The van der Waals surface area contributed by atoms with Gasteiger partial charge in [-0.3, -0.25) is 14.4 Å². The number of unbranched alkanes of at least 4 members (excludes halogenated alkanes) is 1. The van der Waals surface area contributed by atoms with Gasteiger partial charge < -0.3 is 19.7 Å². The Morgan fingerprint density at radius 1 is 1.27 bits per heavy atom. The molecule has 1 heterocycles. The molecule has 1 atom stereocenters. The van der Waals surface area contributed by atoms with Crippen molar-refractivity contribution in [3.8, 4) is 5.75 Å². The van der Waals surface area contributed by atoms with Gasteiger partial charge in [-0.15, -0.1) is 0 Å². The third-order valence-electron chi connectivity index (χ3n) is 4.13. The minimum absolute atomic E-state index is 0.155. The molecule has 1 aromatic carbocycles. The standard InChI is InChI=1S/C19H26N2O5/c1-3-5-12-26-17(22)13-15-18(23)20-10-11-21(15)19(24)14-8-6-7-9-16(14)25-4-2/h6-9,15H,3-5,10-13H2,1-2H3,(H,20,23). The molecule has 1 N–H and O–H groups in total. The number of para-hydroxylation sites is 1. The van der Waals surface area contributed by atoms with Gasteiger partial charge in [0.2, 0.25) is 5.91 Å². The van der Waals surface area contributed by atoms with E-state index in [1.807, 2.05) is 13.8 Å². The Kier molecular flexibility index (Phi) is 7.44. The summed E-state index contributed by atoms with van der Waals surface area (Å²) < 4.78 is 10.7. The fourth-order valence-corrected chi connectivity index (χ4v) is 2.79. The van der Waals surface area contributed by atoms with Crippen molar-refractivity contribution in [3.05, 3.63) is 29.8 Å². The molecule has 0 aromatic heterocycles. The molecule has 1 aromatic rings. The number of amides is 2. The summed E-state index contributed by atoms with van der Waals surface area (Å²) >= 11 is 0. The summed E-state index contributed by atoms with van der Waals surface area (Å²) in [5.74, 6) is -0.673. The fraction of sp³-hybridized carbons (Fsp3) is 0.526. The van der Waals surface area contributed by atoms with Crippen LogP contribution < -0.4 is 10.1 Å². The van der Waals surface area contributed by atoms with Crippen molar-refractivity contribution in [3.63, 3.8) is 0 Å². The Labute approximate surface area is 153 Å². The van der Waals surface area contributed by atoms with Crippen molar-refractivity contribution < 1.29 is 23.9 Å². The molecule has 142 valence electrons. The normalized spacial score (nSPS) is 16.8. The first-order chi connectivity index (χ1) is 12.6. The zero-order valence-electron chi connectivity index (χ0n) is 15.3. The quantitative estimate of drug-likeness (QED) is 0.563. The second-order valence-corrected chi connectivity index (χ2v) is 6.01. The third kappa shape index (κ3) is 4.97. The van der Waals surface area contributed by atoms with Gasteiger partial charge in [0.25, 0.3) is 5.91 Å². The van der Waals surface area contributed by atoms with E-state index in [0.29, 0.717) is 37.6 Å². The van der Waals surface area contributed by atoms with Crippen LogP contribution in [-0.4, -0.2) is 55.0 Å². The second-order valence-electron chi connectivity index (χ2n) is 6.01. The van der Waals surface area contributed by atoms with E-state index in [2.05, 4.69) is 5.32 Å². The van der Waals surface area contributed by atoms with Gasteiger partial charge >= 0.3 is 5.97 Å². The van der Waals surface area contributed by atoms with Gasteiger partial charge in [-0.2, -0.15) is 0 Å². The molecule has 0 spiro atoms. The summed E-state index contributed by atoms with van der Waals surface area (Å²) in [6.07, 6.45) is 1.53. The number of esters is 1. The number of ether oxygens (including phenoxy) is 2. The maximum absolute atomic E-state index is 13.0. The number of nitrogens with zero attached hydrogens (tertiary/aromatic N) is 1. The van der Waals surface area contributed by atoms with E-state index >= 15 is 0 Å². The van der Waals surface area contributed by atoms with Gasteiger partial charge in [0.1, 0.15) is 11.8 Å². The maximum atomic E-state index is 13.0. The molecular weight excluding hydrogens is 336 g/mol. The number of hydrogen-bond acceptors (Lipinski definition) is 5. The molecule has 1 aliphatic heterocycles. The maximum Gasteiger partial charge on any atom is 0.308 e. The van der Waals surface area contributed by atoms with Gasteiger partial charge in [0.15, 0.2) is 0 Å². The van der Waals surface area contributed by atoms with Crippen molar-refractivity contribution in [2.75, 3.05) is 26.3 Å². The van der Waals surface area contributed by atoms with Crippen LogP contribution in [0.5, 0.6) is 5.75 Å². The van der Waals surface area contributed by atoms with Crippen molar-refractivity contribution in [2.45, 2.75) is 39.2 Å². The number of rotatable bonds is 8. The third-order valence-corrected chi connectivity index (χ3v) is 4.13. The predicted molar refractivity (Wildman–Crippen MR) is 95.9 cm³/mol. The Bertz CT molecular complexity index is 647. The highest BCUT2D eigenvalue weighted by Crippen LogP contribution is 2.22. The Hall–Kier alpha value is -2.57. The second kappa shape index (κ2) is 9.79. The molecule has 0 saturated carbocycles. The van der Waals surface area contributed by atoms with E-state index in [-0.39, 0.29) is 18.2 Å². The van der Waals surface area contributed by atoms with Gasteiger partial charge in [-0.25, -0.2) is 0 Å². The highest BCUT2D eigenvalue weighted by Gasteiger charge is 2.36. The van der Waals surface area contributed by atoms with Crippen LogP contribution in [0.25, 0.3) is 0 Å². The lowest BCUT2D eigenvalue weighted by molar-refractivity contribution is -0.147. The van der Waals surface area contributed by atoms with Gasteiger partial charge in [-0.1, -0.05) is 25.5 Å². The molecular formula is C19H26N2O5. The summed E-state index contributed by atoms with van der Waals surface area (Å²) in [5.41, 5.74) is 0.383. The predicted octanol–water partition coefficient (Wildman–Crippen LogP) is 1.76. The first-order valence-electron chi connectivity index (χ1n) is 9.04. The summed E-state index contributed by atoms with van der Waals surface area (Å²) in [4.78, 5) is 38.7. The zero-order valence-corrected chi connectivity index (χ0v) is 15.3. The van der Waals surface area contributed by atoms with Crippen molar-refractivity contribution in [1.82, 2.24) is 10.2 Å². The Morgan fingerprint density at radius 2 is 2.04 bits per heavy atom. The van der Waals surface area contributed by atoms with Crippen LogP contribution in [0.2, 0.25) is 0 Å². The van der Waals surface area contributed by atoms with Crippen LogP contribution in [0.1, 0.15) is 43.5 Å². The number of carbonyl (C=O) groups excluding carboxylic acids is 3. The SMILES string of the molecule is CCCCOC(=O)CC1C(=O)NCCN1C(=O)c1ccccc1OCC. The molecule has 2 rings (SSSR count). The minimum atomic E-state index is -0.875. The van der Waals surface area contributed by atoms with Crippen LogP contribution >= 0.6 is 0 Å². The first kappa shape index (κ1) is 19.8. The molecule has 0 aliphatic carbocycles. The van der Waals surface area contributed by atoms with Crippen molar-refractivity contribution in [1.29, 1.82) is 0 Å². The minimum Gasteiger partial charge on any atom is -0.493 e. The van der Waals surface area contributed by atoms with Crippen LogP contribution in [0.3, 0.4) is 0 Å². The molecule has 7 heteroatoms. The lowest BCUT2D eigenvalue weighted by Crippen LogP contribution is -2.57.